The summed E-state index contributed by atoms with van der Waals surface area (Å²) in [6.45, 7) is 1.57. The first-order valence-electron chi connectivity index (χ1n) is 7.63. The summed E-state index contributed by atoms with van der Waals surface area (Å²) in [5.41, 5.74) is 0. The highest BCUT2D eigenvalue weighted by molar-refractivity contribution is 7.90. The molecule has 118 valence electrons. The molecule has 0 saturated heterocycles. The van der Waals surface area contributed by atoms with Gasteiger partial charge >= 0.3 is 0 Å². The topological polar surface area (TPSA) is 70.6 Å². The summed E-state index contributed by atoms with van der Waals surface area (Å²) < 4.78 is 22.0. The predicted octanol–water partition coefficient (Wildman–Crippen LogP) is 1.56. The Bertz CT molecular complexity index is 387. The van der Waals surface area contributed by atoms with Crippen LogP contribution in [0.15, 0.2) is 4.99 Å². The molecular weight excluding hydrogens is 274 g/mol. The number of guanidine groups is 1. The van der Waals surface area contributed by atoms with E-state index in [1.165, 1.54) is 44.8 Å². The Morgan fingerprint density at radius 1 is 1.15 bits per heavy atom. The fourth-order valence-corrected chi connectivity index (χ4v) is 3.33. The van der Waals surface area contributed by atoms with Crippen LogP contribution in [0.5, 0.6) is 0 Å². The van der Waals surface area contributed by atoms with Crippen LogP contribution in [0.3, 0.4) is 0 Å². The summed E-state index contributed by atoms with van der Waals surface area (Å²) in [5, 5.41) is 6.43. The number of hydrogen-bond acceptors (Lipinski definition) is 3. The van der Waals surface area contributed by atoms with Crippen molar-refractivity contribution in [3.8, 4) is 0 Å². The van der Waals surface area contributed by atoms with E-state index in [2.05, 4.69) is 15.6 Å². The minimum absolute atomic E-state index is 0.221. The van der Waals surface area contributed by atoms with Crippen molar-refractivity contribution in [3.05, 3.63) is 0 Å². The maximum absolute atomic E-state index is 11.0. The van der Waals surface area contributed by atoms with Crippen LogP contribution in [0.2, 0.25) is 0 Å². The van der Waals surface area contributed by atoms with Crippen LogP contribution in [0.25, 0.3) is 0 Å². The normalized spacial score (nSPS) is 17.4. The molecule has 1 rings (SSSR count). The molecule has 1 aliphatic carbocycles. The van der Waals surface area contributed by atoms with E-state index in [1.807, 2.05) is 0 Å². The molecule has 20 heavy (non-hydrogen) atoms. The maximum atomic E-state index is 11.0. The largest absolute Gasteiger partial charge is 0.356 e. The number of nitrogens with one attached hydrogen (secondary N) is 2. The zero-order valence-electron chi connectivity index (χ0n) is 12.8. The third-order valence-electron chi connectivity index (χ3n) is 3.76. The maximum Gasteiger partial charge on any atom is 0.190 e. The second kappa shape index (κ2) is 9.21. The summed E-state index contributed by atoms with van der Waals surface area (Å²) in [5.74, 6) is 1.92. The Balaban J connectivity index is 2.04. The van der Waals surface area contributed by atoms with Gasteiger partial charge in [-0.15, -0.1) is 0 Å². The zero-order chi connectivity index (χ0) is 14.8. The quantitative estimate of drug-likeness (QED) is 0.405. The summed E-state index contributed by atoms with van der Waals surface area (Å²) in [7, 11) is -1.12. The Kier molecular flexibility index (Phi) is 7.95. The highest BCUT2D eigenvalue weighted by Crippen LogP contribution is 2.28. The Hall–Kier alpha value is -0.780. The smallest absolute Gasteiger partial charge is 0.190 e. The Morgan fingerprint density at radius 3 is 2.30 bits per heavy atom. The Labute approximate surface area is 123 Å². The fraction of sp³-hybridized carbons (Fsp3) is 0.929. The van der Waals surface area contributed by atoms with Crippen LogP contribution in [0, 0.1) is 5.92 Å². The molecule has 5 nitrogen and oxygen atoms in total. The monoisotopic (exact) mass is 303 g/mol. The Morgan fingerprint density at radius 2 is 1.75 bits per heavy atom. The predicted molar refractivity (Wildman–Crippen MR) is 84.9 cm³/mol. The molecule has 2 N–H and O–H groups in total. The van der Waals surface area contributed by atoms with E-state index in [-0.39, 0.29) is 5.75 Å². The van der Waals surface area contributed by atoms with E-state index in [9.17, 15) is 8.42 Å². The molecule has 1 aliphatic rings. The van der Waals surface area contributed by atoms with Crippen molar-refractivity contribution in [1.29, 1.82) is 0 Å². The molecule has 1 fully saturated rings. The second-order valence-corrected chi connectivity index (χ2v) is 7.96. The highest BCUT2D eigenvalue weighted by Gasteiger charge is 2.13. The van der Waals surface area contributed by atoms with Gasteiger partial charge in [0.25, 0.3) is 0 Å². The molecule has 0 unspecified atom stereocenters. The second-order valence-electron chi connectivity index (χ2n) is 5.70. The van der Waals surface area contributed by atoms with Crippen molar-refractivity contribution in [2.24, 2.45) is 10.9 Å². The molecule has 0 amide bonds. The van der Waals surface area contributed by atoms with Crippen LogP contribution in [-0.2, 0) is 9.84 Å². The fourth-order valence-electron chi connectivity index (χ4n) is 2.66. The molecule has 0 aliphatic heterocycles. The molecule has 0 aromatic carbocycles. The molecule has 0 spiro atoms. The summed E-state index contributed by atoms with van der Waals surface area (Å²) in [6, 6.07) is 0. The standard InChI is InChI=1S/C14H29N3O2S/c1-15-14(17-11-6-12-20(2,18)19)16-10-5-9-13-7-3-4-8-13/h13H,3-12H2,1-2H3,(H2,15,16,17). The summed E-state index contributed by atoms with van der Waals surface area (Å²) in [6.07, 6.45) is 9.97. The van der Waals surface area contributed by atoms with Crippen LogP contribution in [0.4, 0.5) is 0 Å². The molecular formula is C14H29N3O2S. The third kappa shape index (κ3) is 8.40. The average molecular weight is 303 g/mol. The lowest BCUT2D eigenvalue weighted by molar-refractivity contribution is 0.481. The van der Waals surface area contributed by atoms with Crippen LogP contribution < -0.4 is 10.6 Å². The van der Waals surface area contributed by atoms with E-state index >= 15 is 0 Å². The zero-order valence-corrected chi connectivity index (χ0v) is 13.6. The van der Waals surface area contributed by atoms with Crippen molar-refractivity contribution >= 4 is 15.8 Å². The van der Waals surface area contributed by atoms with Gasteiger partial charge in [-0.05, 0) is 25.2 Å². The van der Waals surface area contributed by atoms with Crippen LogP contribution in [-0.4, -0.2) is 46.5 Å². The van der Waals surface area contributed by atoms with Gasteiger partial charge in [-0.2, -0.15) is 0 Å². The van der Waals surface area contributed by atoms with Gasteiger partial charge in [0.05, 0.1) is 5.75 Å². The van der Waals surface area contributed by atoms with Gasteiger partial charge in [0.2, 0.25) is 0 Å². The van der Waals surface area contributed by atoms with Gasteiger partial charge in [0.15, 0.2) is 5.96 Å². The molecule has 0 aromatic heterocycles. The molecule has 0 heterocycles. The lowest BCUT2D eigenvalue weighted by Gasteiger charge is -2.13. The average Bonchev–Trinajstić information content (AvgIpc) is 2.88. The van der Waals surface area contributed by atoms with E-state index in [0.29, 0.717) is 13.0 Å². The van der Waals surface area contributed by atoms with Gasteiger partial charge in [0.1, 0.15) is 9.84 Å². The van der Waals surface area contributed by atoms with E-state index in [4.69, 9.17) is 0 Å². The lowest BCUT2D eigenvalue weighted by Crippen LogP contribution is -2.38. The van der Waals surface area contributed by atoms with Crippen molar-refractivity contribution in [2.75, 3.05) is 32.1 Å². The van der Waals surface area contributed by atoms with Crippen LogP contribution in [0.1, 0.15) is 44.9 Å². The van der Waals surface area contributed by atoms with Crippen molar-refractivity contribution in [1.82, 2.24) is 10.6 Å². The number of aliphatic imine (C=N–C) groups is 1. The number of sulfone groups is 1. The molecule has 0 aromatic rings. The van der Waals surface area contributed by atoms with Gasteiger partial charge < -0.3 is 10.6 Å². The summed E-state index contributed by atoms with van der Waals surface area (Å²) >= 11 is 0. The van der Waals surface area contributed by atoms with Gasteiger partial charge in [-0.1, -0.05) is 25.7 Å². The SMILES string of the molecule is CN=C(NCCCC1CCCC1)NCCCS(C)(=O)=O. The van der Waals surface area contributed by atoms with Crippen molar-refractivity contribution in [3.63, 3.8) is 0 Å². The van der Waals surface area contributed by atoms with Crippen molar-refractivity contribution < 1.29 is 8.42 Å². The van der Waals surface area contributed by atoms with Crippen LogP contribution >= 0.6 is 0 Å². The minimum atomic E-state index is -2.86. The van der Waals surface area contributed by atoms with Gasteiger partial charge in [-0.3, -0.25) is 4.99 Å². The molecule has 0 atom stereocenters. The van der Waals surface area contributed by atoms with Gasteiger partial charge in [0, 0.05) is 26.4 Å². The lowest BCUT2D eigenvalue weighted by atomic mass is 10.0. The first kappa shape index (κ1) is 17.3. The highest BCUT2D eigenvalue weighted by atomic mass is 32.2. The molecule has 1 saturated carbocycles. The minimum Gasteiger partial charge on any atom is -0.356 e. The van der Waals surface area contributed by atoms with Gasteiger partial charge in [-0.25, -0.2) is 8.42 Å². The van der Waals surface area contributed by atoms with Crippen molar-refractivity contribution in [2.45, 2.75) is 44.9 Å². The summed E-state index contributed by atoms with van der Waals surface area (Å²) in [4.78, 5) is 4.14. The number of hydrogen-bond donors (Lipinski definition) is 2. The number of nitrogens with zero attached hydrogens (tertiary/aromatic N) is 1. The van der Waals surface area contributed by atoms with E-state index in [1.54, 1.807) is 7.05 Å². The van der Waals surface area contributed by atoms with E-state index < -0.39 is 9.84 Å². The number of rotatable bonds is 8. The third-order valence-corrected chi connectivity index (χ3v) is 4.79. The first-order valence-corrected chi connectivity index (χ1v) is 9.69. The first-order chi connectivity index (χ1) is 9.51. The van der Waals surface area contributed by atoms with E-state index in [0.717, 1.165) is 18.4 Å². The molecule has 0 radical (unpaired) electrons. The molecule has 6 heteroatoms. The molecule has 0 bridgehead atoms.